The maximum Gasteiger partial charge on any atom is 0.326 e. The van der Waals surface area contributed by atoms with E-state index in [4.69, 9.17) is 67.1 Å². The van der Waals surface area contributed by atoms with Crippen molar-refractivity contribution in [3.63, 3.8) is 0 Å². The predicted octanol–water partition coefficient (Wildman–Crippen LogP) is 5.08. The van der Waals surface area contributed by atoms with E-state index in [-0.39, 0.29) is 69.6 Å². The van der Waals surface area contributed by atoms with Crippen LogP contribution in [0.15, 0.2) is 0 Å². The summed E-state index contributed by atoms with van der Waals surface area (Å²) in [6.07, 6.45) is 16.4. The van der Waals surface area contributed by atoms with Gasteiger partial charge in [0.15, 0.2) is 0 Å². The lowest BCUT2D eigenvalue weighted by Crippen LogP contribution is -2.46. The Bertz CT molecular complexity index is 1450. The van der Waals surface area contributed by atoms with Gasteiger partial charge in [-0.1, -0.05) is 90.4 Å². The van der Waals surface area contributed by atoms with Crippen LogP contribution >= 0.6 is 0 Å². The Morgan fingerprint density at radius 2 is 0.675 bits per heavy atom. The van der Waals surface area contributed by atoms with Crippen molar-refractivity contribution in [1.82, 2.24) is 15.5 Å². The number of carboxylic acid groups (broad SMARTS) is 3. The van der Waals surface area contributed by atoms with E-state index < -0.39 is 30.5 Å². The van der Waals surface area contributed by atoms with Crippen molar-refractivity contribution in [3.8, 4) is 0 Å². The first kappa shape index (κ1) is 76.3. The first-order valence-electron chi connectivity index (χ1n) is 29.5. The molecule has 80 heavy (non-hydrogen) atoms. The molecule has 0 aliphatic heterocycles. The van der Waals surface area contributed by atoms with Gasteiger partial charge in [0.25, 0.3) is 0 Å². The standard InChI is InChI=1S/C56H105N3O21/c1-2-3-4-5-6-7-11-14-17-24-59(53(62)18-15-12-9-8-10-13-16-19-54(63)64)50(56(67)68)20-21-51(60)57-23-26-70-28-30-72-32-34-74-36-38-76-40-42-78-44-46-80-48-47-79-45-43-77-41-39-75-37-35-73-33-31-71-29-27-69-25-22-52(61)58-49-55(65)66/h50H,2-49H2,1H3,(H,57,60)(H,58,61)(H,63,64)(H,65,66)(H,67,68). The molecule has 0 spiro atoms. The molecule has 0 aliphatic carbocycles. The van der Waals surface area contributed by atoms with Crippen molar-refractivity contribution in [2.75, 3.05) is 178 Å². The van der Waals surface area contributed by atoms with Crippen LogP contribution in [0.1, 0.15) is 142 Å². The topological polar surface area (TPSA) is 301 Å². The molecule has 3 amide bonds. The fraction of sp³-hybridized carbons (Fsp3) is 0.893. The SMILES string of the molecule is CCCCCCCCCCCN(C(=O)CCCCCCCCCC(=O)O)C(CCC(=O)NCCOCCOCCOCCOCCOCCOCCOCCOCCOCCOCCOCCOCCC(=O)NCC(=O)O)C(=O)O. The highest BCUT2D eigenvalue weighted by Crippen LogP contribution is 2.17. The Kier molecular flexibility index (Phi) is 58.6. The van der Waals surface area contributed by atoms with Crippen LogP contribution in [-0.2, 0) is 85.6 Å². The van der Waals surface area contributed by atoms with Gasteiger partial charge in [0.1, 0.15) is 12.6 Å². The Labute approximate surface area is 476 Å². The molecular formula is C56H105N3O21. The lowest BCUT2D eigenvalue weighted by molar-refractivity contribution is -0.151. The molecule has 470 valence electrons. The zero-order chi connectivity index (χ0) is 58.5. The quantitative estimate of drug-likeness (QED) is 0.0496. The zero-order valence-electron chi connectivity index (χ0n) is 48.7. The summed E-state index contributed by atoms with van der Waals surface area (Å²) >= 11 is 0. The van der Waals surface area contributed by atoms with E-state index in [1.54, 1.807) is 0 Å². The number of nitrogens with one attached hydrogen (secondary N) is 2. The van der Waals surface area contributed by atoms with Gasteiger partial charge in [-0.2, -0.15) is 0 Å². The molecule has 0 bridgehead atoms. The van der Waals surface area contributed by atoms with Crippen LogP contribution < -0.4 is 10.6 Å². The Balaban J connectivity index is 3.76. The van der Waals surface area contributed by atoms with Gasteiger partial charge >= 0.3 is 17.9 Å². The molecule has 0 radical (unpaired) electrons. The molecule has 0 aliphatic rings. The fourth-order valence-corrected chi connectivity index (χ4v) is 7.61. The Morgan fingerprint density at radius 3 is 1.04 bits per heavy atom. The first-order valence-corrected chi connectivity index (χ1v) is 29.5. The van der Waals surface area contributed by atoms with Gasteiger partial charge in [-0.15, -0.1) is 0 Å². The molecule has 0 saturated carbocycles. The molecule has 0 heterocycles. The fourth-order valence-electron chi connectivity index (χ4n) is 7.61. The number of carbonyl (C=O) groups excluding carboxylic acids is 3. The molecule has 1 atom stereocenters. The van der Waals surface area contributed by atoms with E-state index in [9.17, 15) is 33.9 Å². The van der Waals surface area contributed by atoms with Crippen molar-refractivity contribution in [1.29, 1.82) is 0 Å². The lowest BCUT2D eigenvalue weighted by Gasteiger charge is -2.29. The summed E-state index contributed by atoms with van der Waals surface area (Å²) in [5.41, 5.74) is 0. The van der Waals surface area contributed by atoms with E-state index >= 15 is 0 Å². The summed E-state index contributed by atoms with van der Waals surface area (Å²) in [6.45, 7) is 12.0. The van der Waals surface area contributed by atoms with E-state index in [1.807, 2.05) is 0 Å². The molecule has 0 aromatic heterocycles. The number of carboxylic acids is 3. The number of nitrogens with zero attached hydrogens (tertiary/aromatic N) is 1. The normalized spacial score (nSPS) is 11.7. The number of ether oxygens (including phenoxy) is 12. The predicted molar refractivity (Wildman–Crippen MR) is 297 cm³/mol. The zero-order valence-corrected chi connectivity index (χ0v) is 48.7. The minimum Gasteiger partial charge on any atom is -0.481 e. The molecule has 5 N–H and O–H groups in total. The van der Waals surface area contributed by atoms with Gasteiger partial charge in [0.05, 0.1) is 159 Å². The maximum absolute atomic E-state index is 13.4. The van der Waals surface area contributed by atoms with Crippen LogP contribution in [-0.4, -0.2) is 240 Å². The first-order chi connectivity index (χ1) is 39.1. The number of rotatable bonds is 66. The van der Waals surface area contributed by atoms with Crippen LogP contribution in [0.25, 0.3) is 0 Å². The van der Waals surface area contributed by atoms with E-state index in [1.165, 1.54) is 37.0 Å². The number of hydrogen-bond acceptors (Lipinski definition) is 18. The second kappa shape index (κ2) is 61.4. The molecule has 1 unspecified atom stereocenters. The van der Waals surface area contributed by atoms with E-state index in [0.29, 0.717) is 165 Å². The number of carbonyl (C=O) groups is 6. The summed E-state index contributed by atoms with van der Waals surface area (Å²) in [5, 5.41) is 32.5. The van der Waals surface area contributed by atoms with Gasteiger partial charge in [-0.25, -0.2) is 4.79 Å². The van der Waals surface area contributed by atoms with E-state index in [2.05, 4.69) is 17.6 Å². The van der Waals surface area contributed by atoms with Gasteiger partial charge in [-0.3, -0.25) is 24.0 Å². The highest BCUT2D eigenvalue weighted by Gasteiger charge is 2.29. The van der Waals surface area contributed by atoms with Crippen molar-refractivity contribution in [2.24, 2.45) is 0 Å². The third-order valence-electron chi connectivity index (χ3n) is 12.0. The van der Waals surface area contributed by atoms with Gasteiger partial charge < -0.3 is 87.7 Å². The Hall–Kier alpha value is -3.66. The average molecular weight is 1160 g/mol. The number of amides is 3. The minimum atomic E-state index is -1.10. The largest absolute Gasteiger partial charge is 0.481 e. The van der Waals surface area contributed by atoms with Gasteiger partial charge in [-0.05, 0) is 25.7 Å². The third-order valence-corrected chi connectivity index (χ3v) is 12.0. The van der Waals surface area contributed by atoms with Crippen LogP contribution in [0.4, 0.5) is 0 Å². The van der Waals surface area contributed by atoms with Gasteiger partial charge in [0.2, 0.25) is 17.7 Å². The third kappa shape index (κ3) is 57.6. The summed E-state index contributed by atoms with van der Waals surface area (Å²) in [6, 6.07) is -1.08. The van der Waals surface area contributed by atoms with Crippen molar-refractivity contribution in [2.45, 2.75) is 148 Å². The van der Waals surface area contributed by atoms with Crippen LogP contribution in [0.3, 0.4) is 0 Å². The highest BCUT2D eigenvalue weighted by atomic mass is 16.6. The molecule has 0 aromatic rings. The van der Waals surface area contributed by atoms with Gasteiger partial charge in [0, 0.05) is 38.8 Å². The van der Waals surface area contributed by atoms with Crippen LogP contribution in [0, 0.1) is 0 Å². The molecule has 0 aromatic carbocycles. The molecule has 0 rings (SSSR count). The Morgan fingerprint density at radius 1 is 0.350 bits per heavy atom. The van der Waals surface area contributed by atoms with Crippen molar-refractivity contribution in [3.05, 3.63) is 0 Å². The summed E-state index contributed by atoms with van der Waals surface area (Å²) < 4.78 is 65.7. The molecular weight excluding hydrogens is 1050 g/mol. The monoisotopic (exact) mass is 1160 g/mol. The number of hydrogen-bond donors (Lipinski definition) is 5. The second-order valence-corrected chi connectivity index (χ2v) is 18.8. The number of unbranched alkanes of at least 4 members (excludes halogenated alkanes) is 14. The molecule has 0 saturated heterocycles. The summed E-state index contributed by atoms with van der Waals surface area (Å²) in [7, 11) is 0. The van der Waals surface area contributed by atoms with Crippen LogP contribution in [0.5, 0.6) is 0 Å². The smallest absolute Gasteiger partial charge is 0.326 e. The summed E-state index contributed by atoms with van der Waals surface area (Å²) in [5.74, 6) is -3.83. The number of aliphatic carboxylic acids is 3. The van der Waals surface area contributed by atoms with E-state index in [0.717, 1.165) is 57.8 Å². The van der Waals surface area contributed by atoms with Crippen molar-refractivity contribution < 1.29 is 101 Å². The highest BCUT2D eigenvalue weighted by molar-refractivity contribution is 5.84. The minimum absolute atomic E-state index is 0.0238. The average Bonchev–Trinajstić information content (AvgIpc) is 3.44. The summed E-state index contributed by atoms with van der Waals surface area (Å²) in [4.78, 5) is 72.5. The molecule has 24 nitrogen and oxygen atoms in total. The molecule has 0 fully saturated rings. The second-order valence-electron chi connectivity index (χ2n) is 18.8. The maximum atomic E-state index is 13.4. The lowest BCUT2D eigenvalue weighted by atomic mass is 10.0. The van der Waals surface area contributed by atoms with Crippen LogP contribution in [0.2, 0.25) is 0 Å². The molecule has 24 heteroatoms. The van der Waals surface area contributed by atoms with Crippen molar-refractivity contribution >= 4 is 35.6 Å².